The summed E-state index contributed by atoms with van der Waals surface area (Å²) in [5.41, 5.74) is 7.35. The van der Waals surface area contributed by atoms with Crippen LogP contribution >= 0.6 is 0 Å². The van der Waals surface area contributed by atoms with Crippen molar-refractivity contribution in [2.45, 2.75) is 0 Å². The number of benzene rings is 8. The summed E-state index contributed by atoms with van der Waals surface area (Å²) in [5, 5.41) is 9.47. The lowest BCUT2D eigenvalue weighted by Gasteiger charge is -2.15. The lowest BCUT2D eigenvalue weighted by atomic mass is 9.90. The first-order valence-corrected chi connectivity index (χ1v) is 17.5. The summed E-state index contributed by atoms with van der Waals surface area (Å²) in [6.45, 7) is 0. The molecule has 2 heterocycles. The number of fused-ring (bicyclic) bond motifs is 6. The zero-order valence-electron chi connectivity index (χ0n) is 28.1. The Kier molecular flexibility index (Phi) is 7.10. The van der Waals surface area contributed by atoms with E-state index in [2.05, 4.69) is 169 Å². The summed E-state index contributed by atoms with van der Waals surface area (Å²) in [6, 6.07) is 59.7. The van der Waals surface area contributed by atoms with E-state index in [4.69, 9.17) is 15.0 Å². The molecule has 4 nitrogen and oxygen atoms in total. The monoisotopic (exact) mass is 662 g/mol. The number of rotatable bonds is 5. The van der Waals surface area contributed by atoms with E-state index < -0.39 is 0 Å². The first-order valence-electron chi connectivity index (χ1n) is 17.5. The molecule has 0 saturated heterocycles. The van der Waals surface area contributed by atoms with Crippen LogP contribution in [0, 0.1) is 0 Å². The molecule has 0 aliphatic carbocycles. The van der Waals surface area contributed by atoms with Gasteiger partial charge in [-0.05, 0) is 84.2 Å². The molecule has 4 heteroatoms. The number of hydrogen-bond donors (Lipinski definition) is 0. The molecule has 242 valence electrons. The predicted molar refractivity (Wildman–Crippen MR) is 215 cm³/mol. The molecule has 0 aliphatic rings. The van der Waals surface area contributed by atoms with Crippen molar-refractivity contribution in [2.24, 2.45) is 0 Å². The zero-order valence-corrected chi connectivity index (χ0v) is 28.1. The summed E-state index contributed by atoms with van der Waals surface area (Å²) in [7, 11) is 0. The van der Waals surface area contributed by atoms with Crippen molar-refractivity contribution in [2.75, 3.05) is 0 Å². The highest BCUT2D eigenvalue weighted by Crippen LogP contribution is 2.40. The van der Waals surface area contributed by atoms with Crippen molar-refractivity contribution in [3.63, 3.8) is 0 Å². The van der Waals surface area contributed by atoms with Crippen molar-refractivity contribution in [1.29, 1.82) is 0 Å². The largest absolute Gasteiger partial charge is 0.264 e. The molecule has 0 N–H and O–H groups in total. The molecular weight excluding hydrogens is 633 g/mol. The van der Waals surface area contributed by atoms with Crippen LogP contribution < -0.4 is 0 Å². The van der Waals surface area contributed by atoms with Gasteiger partial charge in [-0.3, -0.25) is 4.98 Å². The molecule has 10 rings (SSSR count). The Morgan fingerprint density at radius 2 is 0.904 bits per heavy atom. The molecule has 0 fully saturated rings. The predicted octanol–water partition coefficient (Wildman–Crippen LogP) is 12.2. The van der Waals surface area contributed by atoms with Crippen LogP contribution in [-0.4, -0.2) is 19.9 Å². The van der Waals surface area contributed by atoms with E-state index in [-0.39, 0.29) is 0 Å². The van der Waals surface area contributed by atoms with Gasteiger partial charge in [-0.15, -0.1) is 0 Å². The third-order valence-electron chi connectivity index (χ3n) is 9.97. The highest BCUT2D eigenvalue weighted by molar-refractivity contribution is 6.22. The number of aromatic nitrogens is 4. The van der Waals surface area contributed by atoms with Gasteiger partial charge in [0.25, 0.3) is 0 Å². The van der Waals surface area contributed by atoms with Crippen LogP contribution in [0.3, 0.4) is 0 Å². The van der Waals surface area contributed by atoms with Gasteiger partial charge in [0.1, 0.15) is 0 Å². The lowest BCUT2D eigenvalue weighted by Crippen LogP contribution is -2.00. The Morgan fingerprint density at radius 1 is 0.308 bits per heavy atom. The molecule has 0 spiro atoms. The van der Waals surface area contributed by atoms with Crippen molar-refractivity contribution >= 4 is 43.1 Å². The molecule has 8 aromatic carbocycles. The molecule has 0 bridgehead atoms. The van der Waals surface area contributed by atoms with Crippen LogP contribution in [-0.2, 0) is 0 Å². The van der Waals surface area contributed by atoms with Crippen LogP contribution in [0.2, 0.25) is 0 Å². The second-order valence-corrected chi connectivity index (χ2v) is 13.1. The first kappa shape index (κ1) is 29.8. The molecule has 0 radical (unpaired) electrons. The van der Waals surface area contributed by atoms with Gasteiger partial charge >= 0.3 is 0 Å². The quantitative estimate of drug-likeness (QED) is 0.172. The Balaban J connectivity index is 1.16. The molecule has 0 amide bonds. The average Bonchev–Trinajstić information content (AvgIpc) is 3.23. The van der Waals surface area contributed by atoms with Gasteiger partial charge in [0.15, 0.2) is 17.5 Å². The van der Waals surface area contributed by atoms with Crippen LogP contribution in [0.25, 0.3) is 99.5 Å². The highest BCUT2D eigenvalue weighted by atomic mass is 15.0. The third kappa shape index (κ3) is 5.26. The summed E-state index contributed by atoms with van der Waals surface area (Å²) in [5.74, 6) is 1.89. The van der Waals surface area contributed by atoms with E-state index >= 15 is 0 Å². The maximum absolute atomic E-state index is 5.14. The lowest BCUT2D eigenvalue weighted by molar-refractivity contribution is 1.07. The van der Waals surface area contributed by atoms with Crippen molar-refractivity contribution in [3.8, 4) is 56.4 Å². The van der Waals surface area contributed by atoms with E-state index in [1.54, 1.807) is 0 Å². The third-order valence-corrected chi connectivity index (χ3v) is 9.97. The van der Waals surface area contributed by atoms with E-state index in [1.807, 2.05) is 18.5 Å². The van der Waals surface area contributed by atoms with E-state index in [0.29, 0.717) is 17.5 Å². The van der Waals surface area contributed by atoms with Gasteiger partial charge in [-0.1, -0.05) is 146 Å². The topological polar surface area (TPSA) is 51.6 Å². The van der Waals surface area contributed by atoms with E-state index in [9.17, 15) is 0 Å². The smallest absolute Gasteiger partial charge is 0.164 e. The molecule has 0 saturated carbocycles. The van der Waals surface area contributed by atoms with Gasteiger partial charge in [0, 0.05) is 34.5 Å². The normalized spacial score (nSPS) is 11.5. The number of nitrogens with zero attached hydrogens (tertiary/aromatic N) is 4. The molecule has 10 aromatic rings. The van der Waals surface area contributed by atoms with Crippen molar-refractivity contribution < 1.29 is 0 Å². The van der Waals surface area contributed by atoms with Gasteiger partial charge < -0.3 is 0 Å². The summed E-state index contributed by atoms with van der Waals surface area (Å²) < 4.78 is 0. The van der Waals surface area contributed by atoms with Gasteiger partial charge in [0.2, 0.25) is 0 Å². The van der Waals surface area contributed by atoms with E-state index in [0.717, 1.165) is 44.2 Å². The fraction of sp³-hybridized carbons (Fsp3) is 0. The standard InChI is InChI=1S/C48H30N4/c1-2-9-31(10-3-1)33-17-20-35(21-18-33)46-50-47(52-48(51-46)39-22-19-32-11-4-5-13-36(32)27-39)38-15-8-14-37(28-38)44-29-40-30-49-26-25-41(40)43-24-23-34-12-6-7-16-42(34)45(43)44/h1-30H. The molecule has 52 heavy (non-hydrogen) atoms. The fourth-order valence-electron chi connectivity index (χ4n) is 7.37. The first-order chi connectivity index (χ1) is 25.7. The summed E-state index contributed by atoms with van der Waals surface area (Å²) in [4.78, 5) is 19.8. The SMILES string of the molecule is c1ccc(-c2ccc(-c3nc(-c4cccc(-c5cc6cnccc6c6ccc7ccccc7c56)c4)nc(-c4ccc5ccccc5c4)n3)cc2)cc1. The van der Waals surface area contributed by atoms with Crippen LogP contribution in [0.5, 0.6) is 0 Å². The van der Waals surface area contributed by atoms with Gasteiger partial charge in [-0.2, -0.15) is 0 Å². The van der Waals surface area contributed by atoms with Crippen molar-refractivity contribution in [1.82, 2.24) is 19.9 Å². The minimum atomic E-state index is 0.624. The molecule has 0 aliphatic heterocycles. The zero-order chi connectivity index (χ0) is 34.4. The Bertz CT molecular complexity index is 2950. The number of hydrogen-bond acceptors (Lipinski definition) is 4. The number of pyridine rings is 1. The van der Waals surface area contributed by atoms with Gasteiger partial charge in [-0.25, -0.2) is 15.0 Å². The Morgan fingerprint density at radius 3 is 1.73 bits per heavy atom. The highest BCUT2D eigenvalue weighted by Gasteiger charge is 2.16. The maximum atomic E-state index is 5.14. The summed E-state index contributed by atoms with van der Waals surface area (Å²) in [6.07, 6.45) is 3.83. The maximum Gasteiger partial charge on any atom is 0.164 e. The second kappa shape index (κ2) is 12.4. The summed E-state index contributed by atoms with van der Waals surface area (Å²) >= 11 is 0. The van der Waals surface area contributed by atoms with Crippen LogP contribution in [0.15, 0.2) is 182 Å². The molecule has 0 unspecified atom stereocenters. The molecule has 0 atom stereocenters. The minimum Gasteiger partial charge on any atom is -0.264 e. The Hall–Kier alpha value is -7.04. The Labute approximate surface area is 300 Å². The minimum absolute atomic E-state index is 0.624. The van der Waals surface area contributed by atoms with E-state index in [1.165, 1.54) is 37.9 Å². The molecule has 2 aromatic heterocycles. The van der Waals surface area contributed by atoms with Crippen LogP contribution in [0.4, 0.5) is 0 Å². The second-order valence-electron chi connectivity index (χ2n) is 13.1. The van der Waals surface area contributed by atoms with Gasteiger partial charge in [0.05, 0.1) is 0 Å². The average molecular weight is 663 g/mol. The fourth-order valence-corrected chi connectivity index (χ4v) is 7.37. The van der Waals surface area contributed by atoms with Crippen LogP contribution in [0.1, 0.15) is 0 Å². The van der Waals surface area contributed by atoms with Crippen molar-refractivity contribution in [3.05, 3.63) is 182 Å². The molecular formula is C48H30N4.